The van der Waals surface area contributed by atoms with Crippen LogP contribution >= 0.6 is 0 Å². The lowest BCUT2D eigenvalue weighted by Gasteiger charge is -2.21. The van der Waals surface area contributed by atoms with Gasteiger partial charge in [-0.3, -0.25) is 9.59 Å². The van der Waals surface area contributed by atoms with Crippen LogP contribution in [0.15, 0.2) is 22.8 Å². The topological polar surface area (TPSA) is 71.3 Å². The number of hydrogen-bond donors (Lipinski definition) is 2. The number of carbonyl (C=O) groups excluding carboxylic acids is 2. The molecule has 0 unspecified atom stereocenters. The molecule has 5 nitrogen and oxygen atoms in total. The van der Waals surface area contributed by atoms with Crippen LogP contribution in [0.5, 0.6) is 0 Å². The molecule has 1 saturated carbocycles. The fourth-order valence-electron chi connectivity index (χ4n) is 2.28. The maximum Gasteiger partial charge on any atom is 0.287 e. The van der Waals surface area contributed by atoms with Crippen molar-refractivity contribution in [1.29, 1.82) is 0 Å². The number of nitrogens with one attached hydrogen (secondary N) is 2. The number of carbonyl (C=O) groups is 2. The van der Waals surface area contributed by atoms with Crippen LogP contribution in [0.4, 0.5) is 0 Å². The Bertz CT molecular complexity index is 475. The van der Waals surface area contributed by atoms with E-state index in [1.165, 1.54) is 6.26 Å². The van der Waals surface area contributed by atoms with Crippen LogP contribution in [0.2, 0.25) is 0 Å². The van der Waals surface area contributed by atoms with E-state index in [1.807, 2.05) is 0 Å². The summed E-state index contributed by atoms with van der Waals surface area (Å²) in [5.41, 5.74) is 0.264. The zero-order valence-corrected chi connectivity index (χ0v) is 12.2. The second-order valence-corrected chi connectivity index (χ2v) is 5.91. The van der Waals surface area contributed by atoms with Crippen molar-refractivity contribution >= 4 is 11.8 Å². The zero-order chi connectivity index (χ0) is 14.8. The molecule has 1 aliphatic carbocycles. The standard InChI is InChI=1S/C15H22N2O3/c1-10(2)15(6-7-15)9-16-13(18)11(3)17-14(19)12-5-4-8-20-12/h4-5,8,10-11H,6-7,9H2,1-3H3,(H,16,18)(H,17,19)/t11-/m0/s1. The number of amides is 2. The average Bonchev–Trinajstić information content (AvgIpc) is 3.00. The quantitative estimate of drug-likeness (QED) is 0.835. The first-order chi connectivity index (χ1) is 9.44. The Labute approximate surface area is 119 Å². The molecule has 1 aromatic heterocycles. The molecular formula is C15H22N2O3. The van der Waals surface area contributed by atoms with Gasteiger partial charge in [0.2, 0.25) is 5.91 Å². The van der Waals surface area contributed by atoms with Crippen molar-refractivity contribution in [3.05, 3.63) is 24.2 Å². The molecule has 2 amide bonds. The zero-order valence-electron chi connectivity index (χ0n) is 12.2. The molecule has 2 N–H and O–H groups in total. The minimum absolute atomic E-state index is 0.156. The van der Waals surface area contributed by atoms with Gasteiger partial charge in [-0.15, -0.1) is 0 Å². The Morgan fingerprint density at radius 1 is 1.35 bits per heavy atom. The fraction of sp³-hybridized carbons (Fsp3) is 0.600. The van der Waals surface area contributed by atoms with Gasteiger partial charge in [-0.1, -0.05) is 13.8 Å². The summed E-state index contributed by atoms with van der Waals surface area (Å²) in [6.45, 7) is 6.72. The molecule has 1 aromatic rings. The third-order valence-electron chi connectivity index (χ3n) is 4.22. The van der Waals surface area contributed by atoms with Gasteiger partial charge < -0.3 is 15.1 Å². The van der Waals surface area contributed by atoms with E-state index >= 15 is 0 Å². The summed E-state index contributed by atoms with van der Waals surface area (Å²) in [5, 5.41) is 5.56. The summed E-state index contributed by atoms with van der Waals surface area (Å²) >= 11 is 0. The molecule has 0 saturated heterocycles. The Hall–Kier alpha value is -1.78. The molecule has 1 aliphatic rings. The van der Waals surface area contributed by atoms with Gasteiger partial charge in [-0.25, -0.2) is 0 Å². The first-order valence-electron chi connectivity index (χ1n) is 7.07. The van der Waals surface area contributed by atoms with Crippen LogP contribution < -0.4 is 10.6 Å². The van der Waals surface area contributed by atoms with Crippen LogP contribution in [0.3, 0.4) is 0 Å². The van der Waals surface area contributed by atoms with E-state index in [1.54, 1.807) is 19.1 Å². The van der Waals surface area contributed by atoms with Crippen LogP contribution in [0.1, 0.15) is 44.2 Å². The molecule has 0 bridgehead atoms. The Balaban J connectivity index is 1.79. The van der Waals surface area contributed by atoms with Crippen molar-refractivity contribution in [1.82, 2.24) is 10.6 Å². The highest BCUT2D eigenvalue weighted by Crippen LogP contribution is 2.51. The van der Waals surface area contributed by atoms with Gasteiger partial charge in [-0.05, 0) is 43.2 Å². The van der Waals surface area contributed by atoms with Gasteiger partial charge in [-0.2, -0.15) is 0 Å². The smallest absolute Gasteiger partial charge is 0.287 e. The van der Waals surface area contributed by atoms with Gasteiger partial charge in [0.05, 0.1) is 6.26 Å². The van der Waals surface area contributed by atoms with Crippen molar-refractivity contribution in [3.8, 4) is 0 Å². The van der Waals surface area contributed by atoms with Gasteiger partial charge in [0, 0.05) is 6.54 Å². The van der Waals surface area contributed by atoms with Crippen molar-refractivity contribution in [2.45, 2.75) is 39.7 Å². The Kier molecular flexibility index (Phi) is 4.16. The molecule has 0 aromatic carbocycles. The normalized spacial score (nSPS) is 17.6. The van der Waals surface area contributed by atoms with Crippen LogP contribution in [-0.4, -0.2) is 24.4 Å². The first kappa shape index (κ1) is 14.6. The highest BCUT2D eigenvalue weighted by atomic mass is 16.3. The van der Waals surface area contributed by atoms with Crippen molar-refractivity contribution in [2.24, 2.45) is 11.3 Å². The number of rotatable bonds is 6. The Morgan fingerprint density at radius 2 is 2.05 bits per heavy atom. The minimum Gasteiger partial charge on any atom is -0.459 e. The maximum atomic E-state index is 12.0. The van der Waals surface area contributed by atoms with Crippen LogP contribution in [0, 0.1) is 11.3 Å². The van der Waals surface area contributed by atoms with Crippen molar-refractivity contribution in [2.75, 3.05) is 6.54 Å². The first-order valence-corrected chi connectivity index (χ1v) is 7.07. The largest absolute Gasteiger partial charge is 0.459 e. The van der Waals surface area contributed by atoms with Gasteiger partial charge >= 0.3 is 0 Å². The lowest BCUT2D eigenvalue weighted by atomic mass is 9.92. The second-order valence-electron chi connectivity index (χ2n) is 5.91. The molecule has 1 atom stereocenters. The van der Waals surface area contributed by atoms with E-state index in [-0.39, 0.29) is 23.0 Å². The Morgan fingerprint density at radius 3 is 2.55 bits per heavy atom. The molecule has 110 valence electrons. The lowest BCUT2D eigenvalue weighted by molar-refractivity contribution is -0.122. The molecule has 0 spiro atoms. The predicted molar refractivity (Wildman–Crippen MR) is 75.2 cm³/mol. The highest BCUT2D eigenvalue weighted by molar-refractivity contribution is 5.95. The second kappa shape index (κ2) is 5.69. The lowest BCUT2D eigenvalue weighted by Crippen LogP contribution is -2.46. The third kappa shape index (κ3) is 3.21. The summed E-state index contributed by atoms with van der Waals surface area (Å²) in [5.74, 6) is 0.251. The third-order valence-corrected chi connectivity index (χ3v) is 4.22. The summed E-state index contributed by atoms with van der Waals surface area (Å²) in [6.07, 6.45) is 3.76. The average molecular weight is 278 g/mol. The molecule has 20 heavy (non-hydrogen) atoms. The number of furan rings is 1. The highest BCUT2D eigenvalue weighted by Gasteiger charge is 2.45. The van der Waals surface area contributed by atoms with Gasteiger partial charge in [0.25, 0.3) is 5.91 Å². The van der Waals surface area contributed by atoms with Gasteiger partial charge in [0.1, 0.15) is 6.04 Å². The van der Waals surface area contributed by atoms with Crippen LogP contribution in [-0.2, 0) is 4.79 Å². The minimum atomic E-state index is -0.574. The summed E-state index contributed by atoms with van der Waals surface area (Å²) in [7, 11) is 0. The van der Waals surface area contributed by atoms with Gasteiger partial charge in [0.15, 0.2) is 5.76 Å². The maximum absolute atomic E-state index is 12.0. The molecule has 2 rings (SSSR count). The van der Waals surface area contributed by atoms with E-state index in [4.69, 9.17) is 4.42 Å². The summed E-state index contributed by atoms with van der Waals surface area (Å²) in [6, 6.07) is 2.63. The molecule has 0 aliphatic heterocycles. The van der Waals surface area contributed by atoms with Crippen molar-refractivity contribution in [3.63, 3.8) is 0 Å². The monoisotopic (exact) mass is 278 g/mol. The molecule has 1 heterocycles. The molecule has 5 heteroatoms. The SMILES string of the molecule is CC(C)C1(CNC(=O)[C@H](C)NC(=O)c2ccco2)CC1. The summed E-state index contributed by atoms with van der Waals surface area (Å²) in [4.78, 5) is 23.7. The van der Waals surface area contributed by atoms with E-state index < -0.39 is 6.04 Å². The predicted octanol–water partition coefficient (Wildman–Crippen LogP) is 1.95. The van der Waals surface area contributed by atoms with E-state index in [0.717, 1.165) is 12.8 Å². The molecule has 0 radical (unpaired) electrons. The van der Waals surface area contributed by atoms with E-state index in [2.05, 4.69) is 24.5 Å². The van der Waals surface area contributed by atoms with E-state index in [0.29, 0.717) is 12.5 Å². The van der Waals surface area contributed by atoms with Crippen LogP contribution in [0.25, 0.3) is 0 Å². The fourth-order valence-corrected chi connectivity index (χ4v) is 2.28. The van der Waals surface area contributed by atoms with E-state index in [9.17, 15) is 9.59 Å². The molecular weight excluding hydrogens is 256 g/mol. The van der Waals surface area contributed by atoms with Crippen molar-refractivity contribution < 1.29 is 14.0 Å². The molecule has 1 fully saturated rings. The number of hydrogen-bond acceptors (Lipinski definition) is 3. The summed E-state index contributed by atoms with van der Waals surface area (Å²) < 4.78 is 4.99.